The summed E-state index contributed by atoms with van der Waals surface area (Å²) >= 11 is 0. The molecule has 21 heavy (non-hydrogen) atoms. The van der Waals surface area contributed by atoms with Crippen molar-refractivity contribution in [2.24, 2.45) is 4.99 Å². The maximum Gasteiger partial charge on any atom is 0.191 e. The Hall–Kier alpha value is -0.810. The fourth-order valence-electron chi connectivity index (χ4n) is 3.02. The van der Waals surface area contributed by atoms with Crippen LogP contribution in [0.25, 0.3) is 0 Å². The van der Waals surface area contributed by atoms with Gasteiger partial charge in [-0.05, 0) is 45.7 Å². The SMILES string of the molecule is CCNC(=NCC1CCCO1)NCCN1CCCCCC1. The van der Waals surface area contributed by atoms with Crippen molar-refractivity contribution in [3.8, 4) is 0 Å². The lowest BCUT2D eigenvalue weighted by molar-refractivity contribution is 0.117. The molecule has 2 N–H and O–H groups in total. The number of rotatable bonds is 6. The van der Waals surface area contributed by atoms with Crippen LogP contribution in [0.3, 0.4) is 0 Å². The third kappa shape index (κ3) is 6.66. The molecule has 0 aromatic heterocycles. The minimum Gasteiger partial charge on any atom is -0.376 e. The van der Waals surface area contributed by atoms with E-state index < -0.39 is 0 Å². The maximum absolute atomic E-state index is 5.62. The smallest absolute Gasteiger partial charge is 0.191 e. The Kier molecular flexibility index (Phi) is 7.89. The minimum absolute atomic E-state index is 0.325. The molecule has 2 heterocycles. The van der Waals surface area contributed by atoms with Crippen LogP contribution in [0, 0.1) is 0 Å². The number of hydrogen-bond donors (Lipinski definition) is 2. The summed E-state index contributed by atoms with van der Waals surface area (Å²) in [7, 11) is 0. The van der Waals surface area contributed by atoms with Crippen LogP contribution in [0.4, 0.5) is 0 Å². The number of hydrogen-bond acceptors (Lipinski definition) is 3. The van der Waals surface area contributed by atoms with E-state index in [0.717, 1.165) is 45.2 Å². The van der Waals surface area contributed by atoms with Crippen LogP contribution in [0.15, 0.2) is 4.99 Å². The van der Waals surface area contributed by atoms with Gasteiger partial charge in [0.25, 0.3) is 0 Å². The quantitative estimate of drug-likeness (QED) is 0.577. The van der Waals surface area contributed by atoms with Crippen molar-refractivity contribution < 1.29 is 4.74 Å². The molecule has 2 saturated heterocycles. The largest absolute Gasteiger partial charge is 0.376 e. The Labute approximate surface area is 129 Å². The van der Waals surface area contributed by atoms with Gasteiger partial charge in [-0.3, -0.25) is 4.99 Å². The summed E-state index contributed by atoms with van der Waals surface area (Å²) in [6, 6.07) is 0. The molecular weight excluding hydrogens is 264 g/mol. The molecule has 0 aromatic carbocycles. The summed E-state index contributed by atoms with van der Waals surface area (Å²) in [5.74, 6) is 0.933. The first kappa shape index (κ1) is 16.6. The van der Waals surface area contributed by atoms with Crippen LogP contribution in [0.1, 0.15) is 45.4 Å². The van der Waals surface area contributed by atoms with Crippen molar-refractivity contribution in [3.05, 3.63) is 0 Å². The van der Waals surface area contributed by atoms with E-state index in [1.165, 1.54) is 45.2 Å². The highest BCUT2D eigenvalue weighted by Gasteiger charge is 2.15. The molecule has 5 heteroatoms. The molecule has 0 aliphatic carbocycles. The molecule has 2 aliphatic rings. The zero-order chi connectivity index (χ0) is 14.8. The van der Waals surface area contributed by atoms with Gasteiger partial charge in [-0.25, -0.2) is 0 Å². The van der Waals surface area contributed by atoms with Crippen LogP contribution < -0.4 is 10.6 Å². The minimum atomic E-state index is 0.325. The summed E-state index contributed by atoms with van der Waals surface area (Å²) in [4.78, 5) is 7.22. The number of nitrogens with zero attached hydrogens (tertiary/aromatic N) is 2. The van der Waals surface area contributed by atoms with Crippen LogP contribution in [-0.4, -0.2) is 62.8 Å². The van der Waals surface area contributed by atoms with Crippen molar-refractivity contribution in [2.45, 2.75) is 51.6 Å². The van der Waals surface area contributed by atoms with E-state index in [1.54, 1.807) is 0 Å². The van der Waals surface area contributed by atoms with E-state index >= 15 is 0 Å². The molecule has 0 aromatic rings. The molecule has 0 saturated carbocycles. The Morgan fingerprint density at radius 2 is 1.95 bits per heavy atom. The molecule has 122 valence electrons. The number of nitrogens with one attached hydrogen (secondary N) is 2. The zero-order valence-electron chi connectivity index (χ0n) is 13.6. The van der Waals surface area contributed by atoms with Crippen LogP contribution in [0.2, 0.25) is 0 Å². The van der Waals surface area contributed by atoms with Gasteiger partial charge in [0.2, 0.25) is 0 Å². The van der Waals surface area contributed by atoms with Gasteiger partial charge >= 0.3 is 0 Å². The Morgan fingerprint density at radius 3 is 2.62 bits per heavy atom. The topological polar surface area (TPSA) is 48.9 Å². The lowest BCUT2D eigenvalue weighted by Gasteiger charge is -2.20. The lowest BCUT2D eigenvalue weighted by atomic mass is 10.2. The van der Waals surface area contributed by atoms with Crippen molar-refractivity contribution in [3.63, 3.8) is 0 Å². The number of aliphatic imine (C=N–C) groups is 1. The van der Waals surface area contributed by atoms with E-state index in [4.69, 9.17) is 4.74 Å². The van der Waals surface area contributed by atoms with Crippen LogP contribution >= 0.6 is 0 Å². The van der Waals surface area contributed by atoms with Crippen molar-refractivity contribution >= 4 is 5.96 Å². The Morgan fingerprint density at radius 1 is 1.14 bits per heavy atom. The summed E-state index contributed by atoms with van der Waals surface area (Å²) in [5.41, 5.74) is 0. The van der Waals surface area contributed by atoms with Gasteiger partial charge in [0, 0.05) is 26.2 Å². The second-order valence-corrected chi connectivity index (χ2v) is 6.04. The lowest BCUT2D eigenvalue weighted by Crippen LogP contribution is -2.42. The van der Waals surface area contributed by atoms with Gasteiger partial charge in [-0.1, -0.05) is 12.8 Å². The monoisotopic (exact) mass is 296 g/mol. The first-order chi connectivity index (χ1) is 10.4. The summed E-state index contributed by atoms with van der Waals surface area (Å²) < 4.78 is 5.62. The van der Waals surface area contributed by atoms with Gasteiger partial charge in [0.15, 0.2) is 5.96 Å². The second-order valence-electron chi connectivity index (χ2n) is 6.04. The fourth-order valence-corrected chi connectivity index (χ4v) is 3.02. The predicted octanol–water partition coefficient (Wildman–Crippen LogP) is 1.60. The summed E-state index contributed by atoms with van der Waals surface area (Å²) in [5, 5.41) is 6.78. The fraction of sp³-hybridized carbons (Fsp3) is 0.938. The molecule has 2 aliphatic heterocycles. The summed E-state index contributed by atoms with van der Waals surface area (Å²) in [6.45, 7) is 9.29. The van der Waals surface area contributed by atoms with E-state index in [-0.39, 0.29) is 0 Å². The van der Waals surface area contributed by atoms with E-state index in [1.807, 2.05) is 0 Å². The van der Waals surface area contributed by atoms with Gasteiger partial charge in [-0.2, -0.15) is 0 Å². The number of ether oxygens (including phenoxy) is 1. The molecule has 2 fully saturated rings. The first-order valence-electron chi connectivity index (χ1n) is 8.74. The molecule has 1 atom stereocenters. The molecule has 0 amide bonds. The van der Waals surface area contributed by atoms with Gasteiger partial charge in [0.1, 0.15) is 0 Å². The average molecular weight is 296 g/mol. The highest BCUT2D eigenvalue weighted by molar-refractivity contribution is 5.79. The maximum atomic E-state index is 5.62. The third-order valence-corrected chi connectivity index (χ3v) is 4.24. The van der Waals surface area contributed by atoms with E-state index in [9.17, 15) is 0 Å². The van der Waals surface area contributed by atoms with Gasteiger partial charge in [-0.15, -0.1) is 0 Å². The molecular formula is C16H32N4O. The molecule has 5 nitrogen and oxygen atoms in total. The molecule has 0 spiro atoms. The highest BCUT2D eigenvalue weighted by atomic mass is 16.5. The predicted molar refractivity (Wildman–Crippen MR) is 87.9 cm³/mol. The zero-order valence-corrected chi connectivity index (χ0v) is 13.6. The van der Waals surface area contributed by atoms with Crippen molar-refractivity contribution in [1.29, 1.82) is 0 Å². The third-order valence-electron chi connectivity index (χ3n) is 4.24. The molecule has 1 unspecified atom stereocenters. The Balaban J connectivity index is 1.67. The van der Waals surface area contributed by atoms with Gasteiger partial charge < -0.3 is 20.3 Å². The average Bonchev–Trinajstić information content (AvgIpc) is 2.88. The first-order valence-corrected chi connectivity index (χ1v) is 8.74. The molecule has 0 radical (unpaired) electrons. The van der Waals surface area contributed by atoms with E-state index in [0.29, 0.717) is 6.10 Å². The van der Waals surface area contributed by atoms with Crippen LogP contribution in [0.5, 0.6) is 0 Å². The standard InChI is InChI=1S/C16H32N4O/c1-2-17-16(19-14-15-8-7-13-21-15)18-9-12-20-10-5-3-4-6-11-20/h15H,2-14H2,1H3,(H2,17,18,19). The summed E-state index contributed by atoms with van der Waals surface area (Å²) in [6.07, 6.45) is 8.16. The molecule has 2 rings (SSSR count). The second kappa shape index (κ2) is 10.0. The van der Waals surface area contributed by atoms with Crippen LogP contribution in [-0.2, 0) is 4.74 Å². The van der Waals surface area contributed by atoms with E-state index in [2.05, 4.69) is 27.4 Å². The molecule has 0 bridgehead atoms. The Bertz CT molecular complexity index is 295. The van der Waals surface area contributed by atoms with Crippen molar-refractivity contribution in [1.82, 2.24) is 15.5 Å². The normalized spacial score (nSPS) is 24.8. The highest BCUT2D eigenvalue weighted by Crippen LogP contribution is 2.11. The number of guanidine groups is 1. The van der Waals surface area contributed by atoms with Crippen molar-refractivity contribution in [2.75, 3.05) is 45.9 Å². The van der Waals surface area contributed by atoms with Gasteiger partial charge in [0.05, 0.1) is 12.6 Å². The number of likely N-dealkylation sites (tertiary alicyclic amines) is 1.